The molecule has 0 atom stereocenters. The molecule has 0 bridgehead atoms. The Morgan fingerprint density at radius 2 is 2.07 bits per heavy atom. The van der Waals surface area contributed by atoms with Gasteiger partial charge in [0.1, 0.15) is 5.52 Å². The van der Waals surface area contributed by atoms with Crippen LogP contribution in [-0.2, 0) is 0 Å². The highest BCUT2D eigenvalue weighted by Gasteiger charge is 2.22. The number of thioether (sulfide) groups is 1. The van der Waals surface area contributed by atoms with Crippen LogP contribution >= 0.6 is 23.8 Å². The Hall–Kier alpha value is -2.47. The molecule has 11 heteroatoms. The van der Waals surface area contributed by atoms with Crippen molar-refractivity contribution in [3.05, 3.63) is 30.7 Å². The van der Waals surface area contributed by atoms with Gasteiger partial charge in [-0.25, -0.2) is 4.98 Å². The molecule has 0 fully saturated rings. The van der Waals surface area contributed by atoms with Crippen molar-refractivity contribution in [3.8, 4) is 22.5 Å². The molecular weight excluding hydrogens is 384 g/mol. The number of hydrogen-bond donors (Lipinski definition) is 4. The van der Waals surface area contributed by atoms with E-state index in [-0.39, 0.29) is 0 Å². The quantitative estimate of drug-likeness (QED) is 0.210. The maximum absolute atomic E-state index is 10.1. The number of aromatic nitrogens is 7. The lowest BCUT2D eigenvalue weighted by molar-refractivity contribution is 0.662. The van der Waals surface area contributed by atoms with Gasteiger partial charge in [-0.05, 0) is 23.9 Å². The third-order valence-electron chi connectivity index (χ3n) is 3.99. The van der Waals surface area contributed by atoms with E-state index in [1.54, 1.807) is 24.2 Å². The number of H-pyrrole nitrogens is 2. The second-order valence-corrected chi connectivity index (χ2v) is 7.28. The Bertz CT molecular complexity index is 1050. The summed E-state index contributed by atoms with van der Waals surface area (Å²) in [7, 11) is 1.91. The van der Waals surface area contributed by atoms with Crippen molar-refractivity contribution in [3.63, 3.8) is 0 Å². The van der Waals surface area contributed by atoms with E-state index in [0.29, 0.717) is 34.0 Å². The number of nitrogens with one attached hydrogen (secondary N) is 3. The zero-order valence-corrected chi connectivity index (χ0v) is 15.9. The summed E-state index contributed by atoms with van der Waals surface area (Å²) in [6.07, 6.45) is 5.14. The fourth-order valence-electron chi connectivity index (χ4n) is 2.80. The zero-order chi connectivity index (χ0) is 18.6. The topological polar surface area (TPSA) is 128 Å². The monoisotopic (exact) mass is 400 g/mol. The van der Waals surface area contributed by atoms with Crippen LogP contribution < -0.4 is 5.32 Å². The van der Waals surface area contributed by atoms with Gasteiger partial charge in [-0.1, -0.05) is 6.07 Å². The second kappa shape index (κ2) is 8.05. The lowest BCUT2D eigenvalue weighted by Gasteiger charge is -2.14. The van der Waals surface area contributed by atoms with Gasteiger partial charge in [0.2, 0.25) is 5.82 Å². The Morgan fingerprint density at radius 1 is 1.19 bits per heavy atom. The molecule has 0 saturated heterocycles. The van der Waals surface area contributed by atoms with Crippen molar-refractivity contribution in [1.82, 2.24) is 40.9 Å². The molecule has 138 valence electrons. The van der Waals surface area contributed by atoms with Gasteiger partial charge in [-0.2, -0.15) is 5.21 Å². The van der Waals surface area contributed by atoms with Gasteiger partial charge in [-0.3, -0.25) is 4.98 Å². The first-order valence-corrected chi connectivity index (χ1v) is 9.87. The van der Waals surface area contributed by atoms with Gasteiger partial charge in [0.15, 0.2) is 5.65 Å². The molecule has 0 aliphatic rings. The first-order valence-electron chi connectivity index (χ1n) is 8.11. The van der Waals surface area contributed by atoms with Crippen LogP contribution in [0.25, 0.3) is 33.7 Å². The number of hydrogen-bond acceptors (Lipinski definition) is 9. The van der Waals surface area contributed by atoms with Crippen molar-refractivity contribution in [2.24, 2.45) is 0 Å². The van der Waals surface area contributed by atoms with Crippen LogP contribution in [0, 0.1) is 0 Å². The van der Waals surface area contributed by atoms with E-state index in [4.69, 9.17) is 0 Å². The van der Waals surface area contributed by atoms with E-state index < -0.39 is 0 Å². The number of fused-ring (bicyclic) bond motifs is 1. The Labute approximate surface area is 163 Å². The molecule has 4 N–H and O–H groups in total. The van der Waals surface area contributed by atoms with Gasteiger partial charge < -0.3 is 14.9 Å². The Morgan fingerprint density at radius 3 is 2.85 bits per heavy atom. The van der Waals surface area contributed by atoms with Crippen LogP contribution in [0.4, 0.5) is 0 Å². The Kier molecular flexibility index (Phi) is 5.34. The standard InChI is InChI=1S/C16H16N8OS2/c1-17-6-7-26-11-3-2-9(10-8-20-16-13(10)18-4-5-19-16)12(14(11)27-25)15-21-23-24-22-15/h2-5,8,17,25H,6-7H2,1H3,(H,19,20)(H,21,22,23,24). The summed E-state index contributed by atoms with van der Waals surface area (Å²) in [6.45, 7) is 0.859. The number of aromatic amines is 2. The SMILES string of the molecule is CNCCSc1ccc(-c2c[nH]c3nccnc23)c(-c2nn[nH]n2)c1SO. The molecule has 0 unspecified atom stereocenters. The molecular formula is C16H16N8OS2. The molecule has 0 amide bonds. The van der Waals surface area contributed by atoms with Gasteiger partial charge in [-0.15, -0.1) is 22.0 Å². The number of tetrazole rings is 1. The van der Waals surface area contributed by atoms with E-state index in [9.17, 15) is 4.55 Å². The first-order chi connectivity index (χ1) is 13.3. The molecule has 0 aliphatic heterocycles. The van der Waals surface area contributed by atoms with Crippen LogP contribution in [0.5, 0.6) is 0 Å². The van der Waals surface area contributed by atoms with E-state index in [1.807, 2.05) is 25.4 Å². The van der Waals surface area contributed by atoms with E-state index in [2.05, 4.69) is 40.9 Å². The van der Waals surface area contributed by atoms with E-state index in [1.165, 1.54) is 0 Å². The average molecular weight is 400 g/mol. The fourth-order valence-corrected chi connectivity index (χ4v) is 4.46. The smallest absolute Gasteiger partial charge is 0.206 e. The minimum atomic E-state index is 0.413. The summed E-state index contributed by atoms with van der Waals surface area (Å²) in [4.78, 5) is 13.5. The molecule has 0 radical (unpaired) electrons. The largest absolute Gasteiger partial charge is 0.344 e. The Balaban J connectivity index is 1.91. The third kappa shape index (κ3) is 3.41. The molecule has 0 saturated carbocycles. The predicted octanol–water partition coefficient (Wildman–Crippen LogP) is 2.68. The summed E-state index contributed by atoms with van der Waals surface area (Å²) in [5.74, 6) is 1.28. The highest BCUT2D eigenvalue weighted by Crippen LogP contribution is 2.43. The molecule has 27 heavy (non-hydrogen) atoms. The molecule has 9 nitrogen and oxygen atoms in total. The molecule has 3 aromatic heterocycles. The van der Waals surface area contributed by atoms with E-state index in [0.717, 1.165) is 33.8 Å². The zero-order valence-electron chi connectivity index (χ0n) is 14.3. The number of nitrogens with zero attached hydrogens (tertiary/aromatic N) is 5. The van der Waals surface area contributed by atoms with Crippen LogP contribution in [0.1, 0.15) is 0 Å². The maximum Gasteiger partial charge on any atom is 0.206 e. The fraction of sp³-hybridized carbons (Fsp3) is 0.188. The highest BCUT2D eigenvalue weighted by molar-refractivity contribution is 8.00. The number of benzene rings is 1. The van der Waals surface area contributed by atoms with Crippen molar-refractivity contribution in [2.75, 3.05) is 19.3 Å². The average Bonchev–Trinajstić information content (AvgIpc) is 3.37. The summed E-state index contributed by atoms with van der Waals surface area (Å²) in [6, 6.07) is 3.98. The summed E-state index contributed by atoms with van der Waals surface area (Å²) < 4.78 is 10.1. The van der Waals surface area contributed by atoms with Gasteiger partial charge in [0.25, 0.3) is 0 Å². The van der Waals surface area contributed by atoms with Crippen molar-refractivity contribution < 1.29 is 4.55 Å². The maximum atomic E-state index is 10.1. The normalized spacial score (nSPS) is 11.3. The molecule has 1 aromatic carbocycles. The molecule has 3 heterocycles. The molecule has 4 aromatic rings. The first kappa shape index (κ1) is 17.9. The third-order valence-corrected chi connectivity index (χ3v) is 5.78. The number of rotatable bonds is 7. The minimum Gasteiger partial charge on any atom is -0.344 e. The highest BCUT2D eigenvalue weighted by atomic mass is 32.2. The molecule has 0 spiro atoms. The minimum absolute atomic E-state index is 0.413. The second-order valence-electron chi connectivity index (χ2n) is 5.55. The van der Waals surface area contributed by atoms with Crippen LogP contribution in [-0.4, -0.2) is 59.5 Å². The molecule has 4 rings (SSSR count). The van der Waals surface area contributed by atoms with Crippen LogP contribution in [0.2, 0.25) is 0 Å². The van der Waals surface area contributed by atoms with Gasteiger partial charge >= 0.3 is 0 Å². The van der Waals surface area contributed by atoms with Crippen LogP contribution in [0.15, 0.2) is 40.5 Å². The van der Waals surface area contributed by atoms with Gasteiger partial charge in [0, 0.05) is 59.0 Å². The van der Waals surface area contributed by atoms with Crippen molar-refractivity contribution in [1.29, 1.82) is 0 Å². The lowest BCUT2D eigenvalue weighted by Crippen LogP contribution is -2.09. The summed E-state index contributed by atoms with van der Waals surface area (Å²) >= 11 is 2.34. The predicted molar refractivity (Wildman–Crippen MR) is 106 cm³/mol. The molecule has 0 aliphatic carbocycles. The van der Waals surface area contributed by atoms with Gasteiger partial charge in [0.05, 0.1) is 4.90 Å². The van der Waals surface area contributed by atoms with Crippen molar-refractivity contribution >= 4 is 35.0 Å². The van der Waals surface area contributed by atoms with Crippen molar-refractivity contribution in [2.45, 2.75) is 9.79 Å². The lowest BCUT2D eigenvalue weighted by atomic mass is 10.0. The summed E-state index contributed by atoms with van der Waals surface area (Å²) in [5, 5.41) is 17.6. The van der Waals surface area contributed by atoms with Crippen LogP contribution in [0.3, 0.4) is 0 Å². The van der Waals surface area contributed by atoms with E-state index >= 15 is 0 Å². The summed E-state index contributed by atoms with van der Waals surface area (Å²) in [5.41, 5.74) is 3.85.